The second kappa shape index (κ2) is 5.73. The van der Waals surface area contributed by atoms with Gasteiger partial charge in [0.05, 0.1) is 0 Å². The maximum atomic E-state index is 3.78. The Labute approximate surface area is 129 Å². The summed E-state index contributed by atoms with van der Waals surface area (Å²) in [6.45, 7) is 13.0. The summed E-state index contributed by atoms with van der Waals surface area (Å²) in [6.07, 6.45) is 2.52. The molecule has 2 nitrogen and oxygen atoms in total. The molecule has 1 aromatic carbocycles. The zero-order chi connectivity index (χ0) is 15.0. The van der Waals surface area contributed by atoms with Crippen LogP contribution >= 0.6 is 0 Å². The molecule has 0 saturated carbocycles. The lowest BCUT2D eigenvalue weighted by Crippen LogP contribution is -2.61. The minimum absolute atomic E-state index is 0.342. The molecule has 116 valence electrons. The molecule has 2 aliphatic rings. The van der Waals surface area contributed by atoms with E-state index in [1.54, 1.807) is 11.1 Å². The molecule has 1 fully saturated rings. The lowest BCUT2D eigenvalue weighted by atomic mass is 9.76. The predicted octanol–water partition coefficient (Wildman–Crippen LogP) is 3.42. The van der Waals surface area contributed by atoms with Crippen molar-refractivity contribution in [1.82, 2.24) is 10.2 Å². The lowest BCUT2D eigenvalue weighted by Gasteiger charge is -2.47. The van der Waals surface area contributed by atoms with Crippen LogP contribution in [-0.4, -0.2) is 36.6 Å². The summed E-state index contributed by atoms with van der Waals surface area (Å²) in [4.78, 5) is 2.76. The Morgan fingerprint density at radius 3 is 2.67 bits per heavy atom. The number of rotatable bonds is 3. The van der Waals surface area contributed by atoms with Crippen LogP contribution in [0.4, 0.5) is 0 Å². The Morgan fingerprint density at radius 1 is 1.24 bits per heavy atom. The highest BCUT2D eigenvalue weighted by Crippen LogP contribution is 2.36. The van der Waals surface area contributed by atoms with Gasteiger partial charge in [-0.25, -0.2) is 0 Å². The summed E-state index contributed by atoms with van der Waals surface area (Å²) in [6, 6.07) is 10.3. The van der Waals surface area contributed by atoms with E-state index in [4.69, 9.17) is 0 Å². The molecule has 1 aliphatic heterocycles. The van der Waals surface area contributed by atoms with Gasteiger partial charge in [0, 0.05) is 37.6 Å². The van der Waals surface area contributed by atoms with Crippen molar-refractivity contribution in [3.05, 3.63) is 35.4 Å². The summed E-state index contributed by atoms with van der Waals surface area (Å²) in [5, 5.41) is 3.78. The standard InChI is InChI=1S/C19H30N2/c1-5-16-11-20-18(19(2,3)4)13-21(16)12-15-10-14-8-6-7-9-17(14)15/h6-9,15-16,18,20H,5,10-13H2,1-4H3. The molecule has 1 saturated heterocycles. The molecular weight excluding hydrogens is 256 g/mol. The molecule has 1 N–H and O–H groups in total. The molecule has 0 radical (unpaired) electrons. The number of nitrogens with zero attached hydrogens (tertiary/aromatic N) is 1. The van der Waals surface area contributed by atoms with E-state index < -0.39 is 0 Å². The maximum absolute atomic E-state index is 3.78. The van der Waals surface area contributed by atoms with Crippen LogP contribution in [0.25, 0.3) is 0 Å². The van der Waals surface area contributed by atoms with Crippen LogP contribution in [0.5, 0.6) is 0 Å². The topological polar surface area (TPSA) is 15.3 Å². The molecule has 0 spiro atoms. The molecule has 1 aromatic rings. The summed E-state index contributed by atoms with van der Waals surface area (Å²) in [5.41, 5.74) is 3.50. The fourth-order valence-corrected chi connectivity index (χ4v) is 3.87. The second-order valence-corrected chi connectivity index (χ2v) is 7.94. The van der Waals surface area contributed by atoms with Crippen LogP contribution in [0.1, 0.15) is 51.2 Å². The fourth-order valence-electron chi connectivity index (χ4n) is 3.87. The van der Waals surface area contributed by atoms with E-state index in [0.29, 0.717) is 17.5 Å². The lowest BCUT2D eigenvalue weighted by molar-refractivity contribution is 0.0760. The Balaban J connectivity index is 1.68. The van der Waals surface area contributed by atoms with Crippen molar-refractivity contribution in [2.75, 3.05) is 19.6 Å². The zero-order valence-corrected chi connectivity index (χ0v) is 14.0. The van der Waals surface area contributed by atoms with Gasteiger partial charge in [0.15, 0.2) is 0 Å². The highest BCUT2D eigenvalue weighted by molar-refractivity contribution is 5.40. The van der Waals surface area contributed by atoms with Crippen LogP contribution in [0, 0.1) is 5.41 Å². The van der Waals surface area contributed by atoms with Gasteiger partial charge in [-0.3, -0.25) is 4.90 Å². The van der Waals surface area contributed by atoms with Gasteiger partial charge in [-0.15, -0.1) is 0 Å². The first-order valence-corrected chi connectivity index (χ1v) is 8.54. The second-order valence-electron chi connectivity index (χ2n) is 7.94. The molecule has 1 aliphatic carbocycles. The molecule has 3 atom stereocenters. The molecule has 0 amide bonds. The van der Waals surface area contributed by atoms with Crippen molar-refractivity contribution in [2.24, 2.45) is 5.41 Å². The van der Waals surface area contributed by atoms with Gasteiger partial charge in [-0.2, -0.15) is 0 Å². The summed E-state index contributed by atoms with van der Waals surface area (Å²) in [5.74, 6) is 0.758. The average molecular weight is 286 g/mol. The highest BCUT2D eigenvalue weighted by Gasteiger charge is 2.36. The maximum Gasteiger partial charge on any atom is 0.0244 e. The summed E-state index contributed by atoms with van der Waals surface area (Å²) < 4.78 is 0. The van der Waals surface area contributed by atoms with Gasteiger partial charge in [0.2, 0.25) is 0 Å². The van der Waals surface area contributed by atoms with Crippen molar-refractivity contribution in [3.8, 4) is 0 Å². The SMILES string of the molecule is CCC1CNC(C(C)(C)C)CN1CC1Cc2ccccc21. The quantitative estimate of drug-likeness (QED) is 0.916. The molecule has 1 heterocycles. The molecule has 2 heteroatoms. The van der Waals surface area contributed by atoms with Crippen molar-refractivity contribution < 1.29 is 0 Å². The summed E-state index contributed by atoms with van der Waals surface area (Å²) in [7, 11) is 0. The largest absolute Gasteiger partial charge is 0.311 e. The zero-order valence-electron chi connectivity index (χ0n) is 14.0. The van der Waals surface area contributed by atoms with Gasteiger partial charge < -0.3 is 5.32 Å². The smallest absolute Gasteiger partial charge is 0.0244 e. The van der Waals surface area contributed by atoms with Gasteiger partial charge in [-0.05, 0) is 29.4 Å². The third-order valence-electron chi connectivity index (χ3n) is 5.47. The van der Waals surface area contributed by atoms with Crippen LogP contribution in [0.2, 0.25) is 0 Å². The van der Waals surface area contributed by atoms with E-state index in [2.05, 4.69) is 62.2 Å². The van der Waals surface area contributed by atoms with Crippen LogP contribution in [-0.2, 0) is 6.42 Å². The minimum atomic E-state index is 0.342. The molecule has 0 aromatic heterocycles. The first-order valence-electron chi connectivity index (χ1n) is 8.54. The summed E-state index contributed by atoms with van der Waals surface area (Å²) >= 11 is 0. The van der Waals surface area contributed by atoms with E-state index in [-0.39, 0.29) is 0 Å². The predicted molar refractivity (Wildman–Crippen MR) is 89.8 cm³/mol. The molecule has 21 heavy (non-hydrogen) atoms. The number of fused-ring (bicyclic) bond motifs is 1. The highest BCUT2D eigenvalue weighted by atomic mass is 15.2. The third kappa shape index (κ3) is 3.02. The Kier molecular flexibility index (Phi) is 4.11. The number of hydrogen-bond donors (Lipinski definition) is 1. The molecule has 3 rings (SSSR count). The molecular formula is C19H30N2. The van der Waals surface area contributed by atoms with Crippen molar-refractivity contribution in [3.63, 3.8) is 0 Å². The van der Waals surface area contributed by atoms with E-state index >= 15 is 0 Å². The number of hydrogen-bond acceptors (Lipinski definition) is 2. The van der Waals surface area contributed by atoms with Gasteiger partial charge >= 0.3 is 0 Å². The average Bonchev–Trinajstić information content (AvgIpc) is 2.43. The first-order chi connectivity index (χ1) is 9.99. The van der Waals surface area contributed by atoms with E-state index in [1.807, 2.05) is 0 Å². The van der Waals surface area contributed by atoms with Gasteiger partial charge in [0.1, 0.15) is 0 Å². The van der Waals surface area contributed by atoms with Crippen LogP contribution in [0.15, 0.2) is 24.3 Å². The van der Waals surface area contributed by atoms with Crippen molar-refractivity contribution >= 4 is 0 Å². The molecule has 3 unspecified atom stereocenters. The molecule has 0 bridgehead atoms. The normalized spacial score (nSPS) is 29.8. The van der Waals surface area contributed by atoms with Gasteiger partial charge in [0.25, 0.3) is 0 Å². The number of piperazine rings is 1. The number of benzene rings is 1. The van der Waals surface area contributed by atoms with Crippen LogP contribution < -0.4 is 5.32 Å². The van der Waals surface area contributed by atoms with Crippen molar-refractivity contribution in [1.29, 1.82) is 0 Å². The Hall–Kier alpha value is -0.860. The monoisotopic (exact) mass is 286 g/mol. The van der Waals surface area contributed by atoms with Crippen LogP contribution in [0.3, 0.4) is 0 Å². The Bertz CT molecular complexity index is 489. The first kappa shape index (κ1) is 15.1. The van der Waals surface area contributed by atoms with Crippen molar-refractivity contribution in [2.45, 2.75) is 58.5 Å². The van der Waals surface area contributed by atoms with Gasteiger partial charge in [-0.1, -0.05) is 52.0 Å². The fraction of sp³-hybridized carbons (Fsp3) is 0.684. The van der Waals surface area contributed by atoms with E-state index in [9.17, 15) is 0 Å². The Morgan fingerprint density at radius 2 is 2.00 bits per heavy atom. The van der Waals surface area contributed by atoms with E-state index in [1.165, 1.54) is 25.9 Å². The van der Waals surface area contributed by atoms with E-state index in [0.717, 1.165) is 12.5 Å². The number of nitrogens with one attached hydrogen (secondary N) is 1. The third-order valence-corrected chi connectivity index (χ3v) is 5.47. The minimum Gasteiger partial charge on any atom is -0.311 e.